The second-order valence-corrected chi connectivity index (χ2v) is 3.45. The summed E-state index contributed by atoms with van der Waals surface area (Å²) in [6.07, 6.45) is 0. The van der Waals surface area contributed by atoms with Crippen LogP contribution in [0, 0.1) is 0 Å². The van der Waals surface area contributed by atoms with Crippen molar-refractivity contribution in [2.75, 3.05) is 11.5 Å². The molecule has 1 aromatic carbocycles. The molecule has 4 N–H and O–H groups in total. The van der Waals surface area contributed by atoms with Gasteiger partial charge in [-0.15, -0.1) is 0 Å². The molecule has 0 radical (unpaired) electrons. The predicted octanol–water partition coefficient (Wildman–Crippen LogP) is 1.96. The number of rotatable bonds is 1. The van der Waals surface area contributed by atoms with E-state index in [0.717, 1.165) is 5.56 Å². The highest BCUT2D eigenvalue weighted by molar-refractivity contribution is 6.29. The van der Waals surface area contributed by atoms with E-state index in [1.54, 1.807) is 18.2 Å². The van der Waals surface area contributed by atoms with Crippen molar-refractivity contribution < 1.29 is 0 Å². The first-order valence-electron chi connectivity index (χ1n) is 4.31. The molecule has 0 aliphatic carbocycles. The van der Waals surface area contributed by atoms with Crippen LogP contribution < -0.4 is 11.5 Å². The van der Waals surface area contributed by atoms with Gasteiger partial charge in [0.15, 0.2) is 0 Å². The van der Waals surface area contributed by atoms with Crippen LogP contribution in [-0.4, -0.2) is 9.97 Å². The number of hydrogen-bond donors (Lipinski definition) is 2. The highest BCUT2D eigenvalue weighted by Gasteiger charge is 2.03. The predicted molar refractivity (Wildman–Crippen MR) is 61.3 cm³/mol. The molecular weight excluding hydrogens is 212 g/mol. The molecule has 0 spiro atoms. The molecule has 1 heterocycles. The second-order valence-electron chi connectivity index (χ2n) is 3.06. The van der Waals surface area contributed by atoms with E-state index in [1.807, 2.05) is 12.1 Å². The van der Waals surface area contributed by atoms with Gasteiger partial charge in [0.2, 0.25) is 5.95 Å². The number of anilines is 2. The van der Waals surface area contributed by atoms with Gasteiger partial charge in [-0.25, -0.2) is 9.97 Å². The van der Waals surface area contributed by atoms with Gasteiger partial charge in [0.1, 0.15) is 5.15 Å². The molecule has 0 unspecified atom stereocenters. The van der Waals surface area contributed by atoms with Crippen LogP contribution in [0.25, 0.3) is 11.3 Å². The minimum absolute atomic E-state index is 0.153. The van der Waals surface area contributed by atoms with Crippen molar-refractivity contribution in [1.82, 2.24) is 9.97 Å². The van der Waals surface area contributed by atoms with Gasteiger partial charge in [-0.2, -0.15) is 0 Å². The Labute approximate surface area is 91.9 Å². The molecule has 0 fully saturated rings. The number of nitrogen functional groups attached to an aromatic ring is 2. The van der Waals surface area contributed by atoms with Crippen LogP contribution in [-0.2, 0) is 0 Å². The maximum atomic E-state index is 5.78. The largest absolute Gasteiger partial charge is 0.399 e. The highest BCUT2D eigenvalue weighted by atomic mass is 35.5. The molecule has 2 aromatic rings. The van der Waals surface area contributed by atoms with Crippen LogP contribution in [0.5, 0.6) is 0 Å². The van der Waals surface area contributed by atoms with Crippen molar-refractivity contribution in [2.45, 2.75) is 0 Å². The fourth-order valence-electron chi connectivity index (χ4n) is 1.28. The standard InChI is InChI=1S/C10H9ClN4/c11-9-5-8(14-10(13)15-9)6-2-1-3-7(12)4-6/h1-5H,12H2,(H2,13,14,15). The van der Waals surface area contributed by atoms with Crippen molar-refractivity contribution in [3.63, 3.8) is 0 Å². The zero-order valence-corrected chi connectivity index (χ0v) is 8.57. The van der Waals surface area contributed by atoms with E-state index in [4.69, 9.17) is 23.1 Å². The fourth-order valence-corrected chi connectivity index (χ4v) is 1.47. The number of hydrogen-bond acceptors (Lipinski definition) is 4. The van der Waals surface area contributed by atoms with E-state index in [9.17, 15) is 0 Å². The second kappa shape index (κ2) is 3.74. The highest BCUT2D eigenvalue weighted by Crippen LogP contribution is 2.22. The summed E-state index contributed by atoms with van der Waals surface area (Å²) in [5.74, 6) is 0.153. The maximum absolute atomic E-state index is 5.78. The molecular formula is C10H9ClN4. The van der Waals surface area contributed by atoms with Gasteiger partial charge in [-0.3, -0.25) is 0 Å². The normalized spacial score (nSPS) is 10.2. The van der Waals surface area contributed by atoms with E-state index in [1.165, 1.54) is 0 Å². The molecule has 76 valence electrons. The summed E-state index contributed by atoms with van der Waals surface area (Å²) < 4.78 is 0. The molecule has 0 aliphatic rings. The Morgan fingerprint density at radius 1 is 1.07 bits per heavy atom. The molecule has 5 heteroatoms. The summed E-state index contributed by atoms with van der Waals surface area (Å²) in [7, 11) is 0. The molecule has 0 atom stereocenters. The topological polar surface area (TPSA) is 77.8 Å². The van der Waals surface area contributed by atoms with Crippen LogP contribution in [0.1, 0.15) is 0 Å². The van der Waals surface area contributed by atoms with Crippen molar-refractivity contribution >= 4 is 23.2 Å². The number of aromatic nitrogens is 2. The van der Waals surface area contributed by atoms with Gasteiger partial charge >= 0.3 is 0 Å². The summed E-state index contributed by atoms with van der Waals surface area (Å²) in [6.45, 7) is 0. The molecule has 2 rings (SSSR count). The molecule has 15 heavy (non-hydrogen) atoms. The van der Waals surface area contributed by atoms with Gasteiger partial charge in [0.05, 0.1) is 5.69 Å². The Hall–Kier alpha value is -1.81. The third-order valence-electron chi connectivity index (χ3n) is 1.89. The third kappa shape index (κ3) is 2.16. The summed E-state index contributed by atoms with van der Waals surface area (Å²) in [4.78, 5) is 7.86. The van der Waals surface area contributed by atoms with E-state index < -0.39 is 0 Å². The van der Waals surface area contributed by atoms with Crippen molar-refractivity contribution in [1.29, 1.82) is 0 Å². The van der Waals surface area contributed by atoms with Gasteiger partial charge in [-0.05, 0) is 12.1 Å². The monoisotopic (exact) mass is 220 g/mol. The first-order valence-corrected chi connectivity index (χ1v) is 4.69. The van der Waals surface area contributed by atoms with Crippen LogP contribution in [0.4, 0.5) is 11.6 Å². The van der Waals surface area contributed by atoms with Crippen molar-refractivity contribution in [2.24, 2.45) is 0 Å². The Balaban J connectivity index is 2.54. The number of benzene rings is 1. The lowest BCUT2D eigenvalue weighted by molar-refractivity contribution is 1.19. The molecule has 0 saturated heterocycles. The molecule has 4 nitrogen and oxygen atoms in total. The SMILES string of the molecule is Nc1cccc(-c2cc(Cl)nc(N)n2)c1. The third-order valence-corrected chi connectivity index (χ3v) is 2.09. The zero-order chi connectivity index (χ0) is 10.8. The number of nitrogens with zero attached hydrogens (tertiary/aromatic N) is 2. The Morgan fingerprint density at radius 2 is 1.87 bits per heavy atom. The smallest absolute Gasteiger partial charge is 0.221 e. The minimum atomic E-state index is 0.153. The van der Waals surface area contributed by atoms with E-state index in [-0.39, 0.29) is 5.95 Å². The lowest BCUT2D eigenvalue weighted by atomic mass is 10.1. The van der Waals surface area contributed by atoms with Crippen molar-refractivity contribution in [3.8, 4) is 11.3 Å². The lowest BCUT2D eigenvalue weighted by Gasteiger charge is -2.03. The minimum Gasteiger partial charge on any atom is -0.399 e. The molecule has 1 aromatic heterocycles. The number of nitrogens with two attached hydrogens (primary N) is 2. The van der Waals surface area contributed by atoms with Crippen LogP contribution in [0.15, 0.2) is 30.3 Å². The van der Waals surface area contributed by atoms with E-state index >= 15 is 0 Å². The quantitative estimate of drug-likeness (QED) is 0.569. The van der Waals surface area contributed by atoms with Crippen LogP contribution in [0.3, 0.4) is 0 Å². The van der Waals surface area contributed by atoms with Gasteiger partial charge in [0, 0.05) is 17.3 Å². The summed E-state index contributed by atoms with van der Waals surface area (Å²) in [6, 6.07) is 8.98. The Bertz CT molecular complexity index is 478. The Morgan fingerprint density at radius 3 is 2.53 bits per heavy atom. The Kier molecular flexibility index (Phi) is 2.43. The van der Waals surface area contributed by atoms with Gasteiger partial charge < -0.3 is 11.5 Å². The molecule has 0 amide bonds. The van der Waals surface area contributed by atoms with E-state index in [0.29, 0.717) is 16.5 Å². The molecule has 0 saturated carbocycles. The molecule has 0 aliphatic heterocycles. The van der Waals surface area contributed by atoms with E-state index in [2.05, 4.69) is 9.97 Å². The van der Waals surface area contributed by atoms with Gasteiger partial charge in [0.25, 0.3) is 0 Å². The fraction of sp³-hybridized carbons (Fsp3) is 0. The lowest BCUT2D eigenvalue weighted by Crippen LogP contribution is -1.96. The molecule has 0 bridgehead atoms. The summed E-state index contributed by atoms with van der Waals surface area (Å²) >= 11 is 5.78. The summed E-state index contributed by atoms with van der Waals surface area (Å²) in [5, 5.41) is 0.319. The maximum Gasteiger partial charge on any atom is 0.221 e. The first kappa shape index (κ1) is 9.73. The average molecular weight is 221 g/mol. The van der Waals surface area contributed by atoms with Crippen LogP contribution >= 0.6 is 11.6 Å². The first-order chi connectivity index (χ1) is 7.15. The zero-order valence-electron chi connectivity index (χ0n) is 7.81. The number of halogens is 1. The van der Waals surface area contributed by atoms with Crippen LogP contribution in [0.2, 0.25) is 5.15 Å². The van der Waals surface area contributed by atoms with Gasteiger partial charge in [-0.1, -0.05) is 23.7 Å². The van der Waals surface area contributed by atoms with Crippen molar-refractivity contribution in [3.05, 3.63) is 35.5 Å². The average Bonchev–Trinajstić information content (AvgIpc) is 2.16. The summed E-state index contributed by atoms with van der Waals surface area (Å²) in [5.41, 5.74) is 13.4.